The van der Waals surface area contributed by atoms with Gasteiger partial charge in [0.1, 0.15) is 73.1 Å². The summed E-state index contributed by atoms with van der Waals surface area (Å²) in [5.74, 6) is -2.42. The van der Waals surface area contributed by atoms with Crippen LogP contribution in [-0.4, -0.2) is 366 Å². The minimum absolute atomic E-state index is 0.0734. The molecule has 6 heterocycles. The van der Waals surface area contributed by atoms with Crippen LogP contribution in [0.15, 0.2) is 0 Å². The first kappa shape index (κ1) is 108. The molecule has 6 aliphatic rings. The van der Waals surface area contributed by atoms with E-state index in [-0.39, 0.29) is 159 Å². The Morgan fingerprint density at radius 1 is 0.363 bits per heavy atom. The number of aliphatic hydroxyl groups is 10. The van der Waals surface area contributed by atoms with Gasteiger partial charge in [0, 0.05) is 161 Å². The van der Waals surface area contributed by atoms with E-state index in [9.17, 15) is 113 Å². The van der Waals surface area contributed by atoms with E-state index in [0.29, 0.717) is 142 Å². The van der Waals surface area contributed by atoms with Crippen molar-refractivity contribution in [3.63, 3.8) is 0 Å². The normalized spacial score (nSPS) is 27.2. The number of ether oxygens (including phenoxy) is 7. The van der Waals surface area contributed by atoms with E-state index in [1.54, 1.807) is 14.7 Å². The molecule has 6 aliphatic heterocycles. The fourth-order valence-electron chi connectivity index (χ4n) is 15.7. The number of hydrogen-bond acceptors (Lipinski definition) is 32. The number of aliphatic hydroxyl groups excluding tert-OH is 10. The first-order chi connectivity index (χ1) is 59.1. The predicted octanol–water partition coefficient (Wildman–Crippen LogP) is -1.86. The van der Waals surface area contributed by atoms with Crippen molar-refractivity contribution < 1.29 is 164 Å². The highest BCUT2D eigenvalue weighted by Crippen LogP contribution is 2.52. The Morgan fingerprint density at radius 2 is 0.621 bits per heavy atom. The zero-order chi connectivity index (χ0) is 91.1. The lowest BCUT2D eigenvalue weighted by Crippen LogP contribution is -2.64. The number of amides is 9. The van der Waals surface area contributed by atoms with Crippen molar-refractivity contribution >= 4 is 68.8 Å². The summed E-state index contributed by atoms with van der Waals surface area (Å²) < 4.78 is 90.0. The highest BCUT2D eigenvalue weighted by atomic mass is 31.2. The number of nitrogens with zero attached hydrogens (tertiary/aromatic N) is 3. The van der Waals surface area contributed by atoms with E-state index in [0.717, 1.165) is 0 Å². The van der Waals surface area contributed by atoms with Gasteiger partial charge in [0.05, 0.1) is 59.5 Å². The van der Waals surface area contributed by atoms with Crippen molar-refractivity contribution in [3.05, 3.63) is 0 Å². The van der Waals surface area contributed by atoms with Gasteiger partial charge in [0.25, 0.3) is 0 Å². The zero-order valence-electron chi connectivity index (χ0n) is 72.2. The van der Waals surface area contributed by atoms with Crippen LogP contribution in [0, 0.1) is 16.2 Å². The number of carbonyl (C=O) groups excluding carboxylic acids is 9. The Hall–Kier alpha value is -5.23. The van der Waals surface area contributed by atoms with Gasteiger partial charge in [0.15, 0.2) is 18.9 Å². The van der Waals surface area contributed by atoms with E-state index in [2.05, 4.69) is 31.9 Å². The van der Waals surface area contributed by atoms with Crippen LogP contribution < -0.4 is 31.9 Å². The van der Waals surface area contributed by atoms with Crippen LogP contribution in [0.4, 0.5) is 0 Å². The van der Waals surface area contributed by atoms with Crippen molar-refractivity contribution in [2.75, 3.05) is 145 Å². The Labute approximate surface area is 724 Å². The van der Waals surface area contributed by atoms with Crippen molar-refractivity contribution in [1.29, 1.82) is 0 Å². The summed E-state index contributed by atoms with van der Waals surface area (Å²) in [5.41, 5.74) is -3.11. The monoisotopic (exact) mass is 1820 g/mol. The van der Waals surface area contributed by atoms with Crippen molar-refractivity contribution in [2.45, 2.75) is 286 Å². The summed E-state index contributed by atoms with van der Waals surface area (Å²) in [4.78, 5) is 141. The number of phosphoric acid groups is 2. The van der Waals surface area contributed by atoms with Gasteiger partial charge >= 0.3 is 15.6 Å². The molecule has 0 aromatic rings. The van der Waals surface area contributed by atoms with Crippen LogP contribution in [0.1, 0.15) is 194 Å². The summed E-state index contributed by atoms with van der Waals surface area (Å²) in [5, 5.41) is 118. The molecule has 9 amide bonds. The SMILES string of the molecule is COCC1(COP(=O)(O)OCC2(COP(=O)(O)OCC3(CO)CCN(C(=O)CCCCCNC(=O)CCCCO[C@@H]4O[C@H](CO)[C@H](O)[C@H](O)[C@H]4NC(C)=O)CC3)CCN(C(=O)CCCCCNC(=O)CCCCO[C@@H]3O[C@H](CO)[C@H](O)[C@H](O)[C@H]3NC(C)=O)CC2)CCN(C(=O)CCCCCNC(=O)CCCCO[C@@H]2O[C@H](CO)[C@H](O)[C@H](O)[C@H]2NC(C)=O)CC1. The molecule has 18 N–H and O–H groups in total. The first-order valence-electron chi connectivity index (χ1n) is 43.6. The molecule has 716 valence electrons. The third-order valence-corrected chi connectivity index (χ3v) is 25.4. The molecular weight excluding hydrogens is 1680 g/mol. The minimum Gasteiger partial charge on any atom is -0.396 e. The number of unbranched alkanes of at least 4 members (excludes halogenated alkanes) is 9. The second kappa shape index (κ2) is 55.1. The summed E-state index contributed by atoms with van der Waals surface area (Å²) in [6.45, 7) is 2.46. The molecule has 2 unspecified atom stereocenters. The molecule has 45 heteroatoms. The molecule has 0 aromatic heterocycles. The lowest BCUT2D eigenvalue weighted by Gasteiger charge is -2.43. The molecule has 0 spiro atoms. The van der Waals surface area contributed by atoms with E-state index in [1.165, 1.54) is 27.9 Å². The van der Waals surface area contributed by atoms with Gasteiger partial charge in [-0.1, -0.05) is 19.3 Å². The van der Waals surface area contributed by atoms with Gasteiger partial charge in [-0.2, -0.15) is 0 Å². The summed E-state index contributed by atoms with van der Waals surface area (Å²) in [7, 11) is -8.42. The van der Waals surface area contributed by atoms with E-state index >= 15 is 0 Å². The van der Waals surface area contributed by atoms with Gasteiger partial charge in [0.2, 0.25) is 53.2 Å². The van der Waals surface area contributed by atoms with Gasteiger partial charge in [-0.15, -0.1) is 0 Å². The van der Waals surface area contributed by atoms with Crippen LogP contribution in [0.5, 0.6) is 0 Å². The van der Waals surface area contributed by atoms with Crippen LogP contribution in [-0.2, 0) is 104 Å². The second-order valence-electron chi connectivity index (χ2n) is 33.5. The minimum atomic E-state index is -4.96. The number of rotatable bonds is 57. The van der Waals surface area contributed by atoms with Crippen molar-refractivity contribution in [1.82, 2.24) is 46.6 Å². The molecule has 124 heavy (non-hydrogen) atoms. The number of nitrogens with one attached hydrogen (secondary N) is 6. The average Bonchev–Trinajstić information content (AvgIpc) is 0.826. The molecule has 6 rings (SSSR count). The number of methoxy groups -OCH3 is 1. The van der Waals surface area contributed by atoms with Crippen LogP contribution in [0.3, 0.4) is 0 Å². The number of likely N-dealkylation sites (tertiary alicyclic amines) is 3. The van der Waals surface area contributed by atoms with Gasteiger partial charge in [-0.25, -0.2) is 9.13 Å². The second-order valence-corrected chi connectivity index (χ2v) is 36.4. The largest absolute Gasteiger partial charge is 0.472 e. The highest BCUT2D eigenvalue weighted by molar-refractivity contribution is 7.47. The molecule has 0 saturated carbocycles. The van der Waals surface area contributed by atoms with Gasteiger partial charge in [-0.05, 0) is 116 Å². The molecule has 0 aliphatic carbocycles. The van der Waals surface area contributed by atoms with Gasteiger partial charge < -0.3 is 141 Å². The van der Waals surface area contributed by atoms with Crippen molar-refractivity contribution in [3.8, 4) is 0 Å². The fourth-order valence-corrected chi connectivity index (χ4v) is 17.6. The lowest BCUT2D eigenvalue weighted by atomic mass is 9.80. The Kier molecular flexibility index (Phi) is 47.8. The first-order valence-corrected chi connectivity index (χ1v) is 46.6. The number of piperidine rings is 3. The zero-order valence-corrected chi connectivity index (χ0v) is 74.0. The highest BCUT2D eigenvalue weighted by Gasteiger charge is 2.50. The molecule has 43 nitrogen and oxygen atoms in total. The summed E-state index contributed by atoms with van der Waals surface area (Å²) in [6, 6.07) is -3.24. The summed E-state index contributed by atoms with van der Waals surface area (Å²) in [6.07, 6.45) is -5.17. The van der Waals surface area contributed by atoms with E-state index < -0.39 is 188 Å². The Morgan fingerprint density at radius 3 is 0.879 bits per heavy atom. The quantitative estimate of drug-likeness (QED) is 0.0235. The number of phosphoric ester groups is 2. The molecule has 6 fully saturated rings. The third-order valence-electron chi connectivity index (χ3n) is 23.6. The standard InChI is InChI=1S/C79H141N9O34P2/c1-53(93)83-65-71(105)68(102)56(44-89)120-74(65)113-41-17-11-20-59(96)80-32-14-5-8-23-62(99)86-35-26-77(47-92,27-36-86)49-116-123(108,109)118-51-79(30-39-88(40-31-79)64(101)25-10-7-16-34-82-61(98)22-13-19-43-115-76-67(85-55(3)95)73(107)70(104)58(46-91)122-76)52-119-124(110,111)117-50-78(48-112-4)28-37-87(38-29-78)63(100)24-9-6-15-33-81-60(97)21-12-18-42-114-75-66(84-54(2)94)72(106)69(103)57(45-90)121-75/h56-58,65-76,89-92,102-107H,5-52H2,1-4H3,(H,80,96)(H,81,97)(H,82,98)(H,83,93)(H,84,94)(H,85,95)(H,108,109)(H,110,111)/t56-,57-,58-,65-,66-,67-,68+,69+,70+,71-,72-,73-,74-,75-,76-/m1/s1. The molecular formula is C79H141N9O34P2. The third kappa shape index (κ3) is 36.6. The number of hydrogen-bond donors (Lipinski definition) is 18. The number of carbonyl (C=O) groups is 9. The maximum atomic E-state index is 14.0. The molecule has 0 aromatic carbocycles. The van der Waals surface area contributed by atoms with Crippen LogP contribution >= 0.6 is 15.6 Å². The summed E-state index contributed by atoms with van der Waals surface area (Å²) >= 11 is 0. The Bertz CT molecular complexity index is 3340. The lowest BCUT2D eigenvalue weighted by molar-refractivity contribution is -0.270. The maximum Gasteiger partial charge on any atom is 0.472 e. The van der Waals surface area contributed by atoms with Gasteiger partial charge in [-0.3, -0.25) is 61.2 Å². The average molecular weight is 1820 g/mol. The van der Waals surface area contributed by atoms with Crippen LogP contribution in [0.25, 0.3) is 0 Å². The molecule has 17 atom stereocenters. The van der Waals surface area contributed by atoms with E-state index in [1.807, 2.05) is 0 Å². The maximum absolute atomic E-state index is 14.0. The van der Waals surface area contributed by atoms with E-state index in [4.69, 9.17) is 51.3 Å². The Balaban J connectivity index is 0.918. The topological polar surface area (TPSA) is 614 Å². The van der Waals surface area contributed by atoms with Crippen molar-refractivity contribution in [2.24, 2.45) is 16.2 Å². The molecule has 0 bridgehead atoms. The molecule has 0 radical (unpaired) electrons. The fraction of sp³-hybridized carbons (Fsp3) is 0.886. The smallest absolute Gasteiger partial charge is 0.396 e. The predicted molar refractivity (Wildman–Crippen MR) is 437 cm³/mol. The van der Waals surface area contributed by atoms with Crippen LogP contribution in [0.2, 0.25) is 0 Å². The molecule has 6 saturated heterocycles.